The fraction of sp³-hybridized carbons (Fsp3) is 0.346. The molecule has 1 saturated heterocycles. The largest absolute Gasteiger partial charge is 0.396 e. The third-order valence-electron chi connectivity index (χ3n) is 7.27. The van der Waals surface area contributed by atoms with Gasteiger partial charge in [-0.15, -0.1) is 0 Å². The molecule has 0 bridgehead atoms. The number of rotatable bonds is 5. The molecule has 1 aromatic carbocycles. The van der Waals surface area contributed by atoms with Crippen LogP contribution in [0.25, 0.3) is 11.1 Å². The van der Waals surface area contributed by atoms with Crippen LogP contribution in [0.15, 0.2) is 71.8 Å². The van der Waals surface area contributed by atoms with E-state index in [1.807, 2.05) is 78.0 Å². The number of carbonyl (C=O) groups is 1. The van der Waals surface area contributed by atoms with E-state index in [2.05, 4.69) is 10.3 Å². The number of likely N-dealkylation sites (N-methyl/N-ethyl adjacent to an activating group) is 1. The highest BCUT2D eigenvalue weighted by Gasteiger charge is 2.54. The average molecular weight is 445 g/mol. The number of amides is 1. The van der Waals surface area contributed by atoms with Crippen LogP contribution >= 0.6 is 0 Å². The van der Waals surface area contributed by atoms with Crippen molar-refractivity contribution in [2.45, 2.75) is 31.6 Å². The minimum Gasteiger partial charge on any atom is -0.396 e. The number of hydrogen-bond acceptors (Lipinski definition) is 5. The number of nitrogens with one attached hydrogen (secondary N) is 1. The number of fused-ring (bicyclic) bond motifs is 3. The van der Waals surface area contributed by atoms with Gasteiger partial charge in [-0.3, -0.25) is 19.5 Å². The maximum Gasteiger partial charge on any atom is 0.258 e. The predicted octanol–water partition coefficient (Wildman–Crippen LogP) is 2.38. The van der Waals surface area contributed by atoms with Crippen molar-refractivity contribution in [2.75, 3.05) is 13.7 Å². The van der Waals surface area contributed by atoms with Gasteiger partial charge in [-0.05, 0) is 49.4 Å². The summed E-state index contributed by atoms with van der Waals surface area (Å²) in [5, 5.41) is 13.4. The molecule has 0 aliphatic carbocycles. The Balaban J connectivity index is 1.43. The Labute approximate surface area is 192 Å². The predicted molar refractivity (Wildman–Crippen MR) is 125 cm³/mol. The van der Waals surface area contributed by atoms with Gasteiger partial charge in [0.05, 0.1) is 18.1 Å². The zero-order chi connectivity index (χ0) is 23.1. The lowest BCUT2D eigenvalue weighted by Gasteiger charge is -2.28. The summed E-state index contributed by atoms with van der Waals surface area (Å²) >= 11 is 0. The second-order valence-corrected chi connectivity index (χ2v) is 9.03. The van der Waals surface area contributed by atoms with Gasteiger partial charge in [-0.1, -0.05) is 30.3 Å². The number of aliphatic hydroxyl groups excluding tert-OH is 1. The lowest BCUT2D eigenvalue weighted by molar-refractivity contribution is -0.127. The molecule has 33 heavy (non-hydrogen) atoms. The number of carbonyl (C=O) groups excluding carboxylic acids is 1. The van der Waals surface area contributed by atoms with Crippen molar-refractivity contribution < 1.29 is 9.90 Å². The van der Waals surface area contributed by atoms with Crippen LogP contribution in [0.3, 0.4) is 0 Å². The van der Waals surface area contributed by atoms with Crippen molar-refractivity contribution >= 4 is 5.91 Å². The Morgan fingerprint density at radius 3 is 2.58 bits per heavy atom. The Morgan fingerprint density at radius 1 is 1.15 bits per heavy atom. The van der Waals surface area contributed by atoms with Crippen molar-refractivity contribution in [1.29, 1.82) is 0 Å². The summed E-state index contributed by atoms with van der Waals surface area (Å²) in [6.45, 7) is 2.35. The molecule has 3 aromatic rings. The van der Waals surface area contributed by atoms with Crippen LogP contribution in [-0.4, -0.2) is 45.2 Å². The summed E-state index contributed by atoms with van der Waals surface area (Å²) < 4.78 is 1.81. The first-order chi connectivity index (χ1) is 16.0. The van der Waals surface area contributed by atoms with Crippen molar-refractivity contribution in [3.8, 4) is 11.1 Å². The molecular formula is C26H28N4O3. The van der Waals surface area contributed by atoms with Gasteiger partial charge in [-0.25, -0.2) is 0 Å². The normalized spacial score (nSPS) is 24.8. The van der Waals surface area contributed by atoms with Gasteiger partial charge in [-0.2, -0.15) is 0 Å². The first kappa shape index (κ1) is 21.6. The quantitative estimate of drug-likeness (QED) is 0.631. The van der Waals surface area contributed by atoms with Gasteiger partial charge in [0.2, 0.25) is 5.91 Å². The standard InChI is InChI=1S/C26H28N4O3/c1-16(17-6-4-3-5-7-17)28-25(32)24-21(15-31)20-14-30-22(23(20)29(24)2)9-8-19(26(30)33)18-10-12-27-13-11-18/h3-13,16,20-21,23-24,31H,14-15H2,1-2H3,(H,28,32)/t16-,20-,21-,23+,24-/m1/s1. The smallest absolute Gasteiger partial charge is 0.258 e. The SMILES string of the molecule is C[C@@H](NC(=O)[C@H]1[C@H](CO)[C@H]2Cn3c(ccc(-c4ccncc4)c3=O)[C@H]2N1C)c1ccccc1. The van der Waals surface area contributed by atoms with Crippen molar-refractivity contribution in [1.82, 2.24) is 19.8 Å². The molecule has 4 heterocycles. The summed E-state index contributed by atoms with van der Waals surface area (Å²) in [6.07, 6.45) is 3.35. The summed E-state index contributed by atoms with van der Waals surface area (Å²) in [5.41, 5.74) is 3.36. The number of hydrogen-bond donors (Lipinski definition) is 2. The van der Waals surface area contributed by atoms with Crippen LogP contribution in [-0.2, 0) is 11.3 Å². The number of nitrogens with zero attached hydrogens (tertiary/aromatic N) is 3. The molecule has 0 saturated carbocycles. The van der Waals surface area contributed by atoms with Gasteiger partial charge in [0.15, 0.2) is 0 Å². The highest BCUT2D eigenvalue weighted by molar-refractivity contribution is 5.83. The second kappa shape index (κ2) is 8.57. The van der Waals surface area contributed by atoms with Crippen molar-refractivity contribution in [2.24, 2.45) is 11.8 Å². The third kappa shape index (κ3) is 3.57. The van der Waals surface area contributed by atoms with E-state index in [0.717, 1.165) is 16.8 Å². The van der Waals surface area contributed by atoms with Crippen LogP contribution in [0, 0.1) is 11.8 Å². The molecule has 2 aliphatic rings. The minimum absolute atomic E-state index is 0.0110. The molecule has 2 N–H and O–H groups in total. The van der Waals surface area contributed by atoms with Crippen molar-refractivity contribution in [3.63, 3.8) is 0 Å². The maximum atomic E-state index is 13.3. The van der Waals surface area contributed by atoms with Gasteiger partial charge in [0.1, 0.15) is 0 Å². The molecule has 0 radical (unpaired) electrons. The third-order valence-corrected chi connectivity index (χ3v) is 7.27. The fourth-order valence-electron chi connectivity index (χ4n) is 5.65. The highest BCUT2D eigenvalue weighted by Crippen LogP contribution is 2.48. The van der Waals surface area contributed by atoms with E-state index in [1.54, 1.807) is 12.4 Å². The van der Waals surface area contributed by atoms with Crippen molar-refractivity contribution in [3.05, 3.63) is 88.6 Å². The summed E-state index contributed by atoms with van der Waals surface area (Å²) in [4.78, 5) is 32.7. The molecule has 1 fully saturated rings. The lowest BCUT2D eigenvalue weighted by Crippen LogP contribution is -2.47. The van der Waals surface area contributed by atoms with Crippen LogP contribution in [0.4, 0.5) is 0 Å². The first-order valence-corrected chi connectivity index (χ1v) is 11.3. The molecule has 1 amide bonds. The van der Waals surface area contributed by atoms with Crippen LogP contribution in [0.2, 0.25) is 0 Å². The first-order valence-electron chi connectivity index (χ1n) is 11.3. The Hall–Kier alpha value is -3.29. The molecule has 0 unspecified atom stereocenters. The van der Waals surface area contributed by atoms with E-state index in [-0.39, 0.29) is 42.0 Å². The molecule has 0 spiro atoms. The Bertz CT molecular complexity index is 1210. The van der Waals surface area contributed by atoms with E-state index in [9.17, 15) is 14.7 Å². The summed E-state index contributed by atoms with van der Waals surface area (Å²) in [7, 11) is 1.92. The number of likely N-dealkylation sites (tertiary alicyclic amines) is 1. The highest BCUT2D eigenvalue weighted by atomic mass is 16.3. The molecular weight excluding hydrogens is 416 g/mol. The van der Waals surface area contributed by atoms with E-state index >= 15 is 0 Å². The Kier molecular flexibility index (Phi) is 5.60. The monoisotopic (exact) mass is 444 g/mol. The lowest BCUT2D eigenvalue weighted by atomic mass is 9.88. The topological polar surface area (TPSA) is 87.5 Å². The molecule has 2 aromatic heterocycles. The molecule has 7 nitrogen and oxygen atoms in total. The molecule has 2 aliphatic heterocycles. The van der Waals surface area contributed by atoms with Gasteiger partial charge in [0, 0.05) is 48.6 Å². The minimum atomic E-state index is -0.458. The maximum absolute atomic E-state index is 13.3. The van der Waals surface area contributed by atoms with E-state index in [4.69, 9.17) is 0 Å². The zero-order valence-corrected chi connectivity index (χ0v) is 18.8. The zero-order valence-electron chi connectivity index (χ0n) is 18.8. The van der Waals surface area contributed by atoms with Gasteiger partial charge in [0.25, 0.3) is 5.56 Å². The summed E-state index contributed by atoms with van der Waals surface area (Å²) in [6, 6.07) is 16.7. The molecule has 5 rings (SSSR count). The van der Waals surface area contributed by atoms with E-state index in [0.29, 0.717) is 12.1 Å². The number of pyridine rings is 2. The van der Waals surface area contributed by atoms with Crippen LogP contribution in [0.1, 0.15) is 30.3 Å². The molecule has 170 valence electrons. The average Bonchev–Trinajstić information content (AvgIpc) is 3.35. The van der Waals surface area contributed by atoms with Crippen LogP contribution in [0.5, 0.6) is 0 Å². The summed E-state index contributed by atoms with van der Waals surface area (Å²) in [5.74, 6) is -0.362. The number of benzene rings is 1. The van der Waals surface area contributed by atoms with Gasteiger partial charge < -0.3 is 15.0 Å². The fourth-order valence-corrected chi connectivity index (χ4v) is 5.65. The second-order valence-electron chi connectivity index (χ2n) is 9.03. The van der Waals surface area contributed by atoms with E-state index in [1.165, 1.54) is 0 Å². The molecule has 7 heteroatoms. The number of aromatic nitrogens is 2. The van der Waals surface area contributed by atoms with E-state index < -0.39 is 6.04 Å². The van der Waals surface area contributed by atoms with Gasteiger partial charge >= 0.3 is 0 Å². The Morgan fingerprint density at radius 2 is 1.88 bits per heavy atom. The molecule has 5 atom stereocenters. The number of aliphatic hydroxyl groups is 1. The van der Waals surface area contributed by atoms with Crippen LogP contribution < -0.4 is 10.9 Å².